The minimum atomic E-state index is -0.843. The Kier molecular flexibility index (Phi) is 8.54. The number of nitrogens with zero attached hydrogens (tertiary/aromatic N) is 1. The van der Waals surface area contributed by atoms with E-state index in [1.54, 1.807) is 11.0 Å². The van der Waals surface area contributed by atoms with Crippen LogP contribution in [0.4, 0.5) is 4.39 Å². The lowest BCUT2D eigenvalue weighted by atomic mass is 9.88. The van der Waals surface area contributed by atoms with E-state index in [-0.39, 0.29) is 23.3 Å². The number of rotatable bonds is 8. The topological polar surface area (TPSA) is 87.7 Å². The average Bonchev–Trinajstić information content (AvgIpc) is 2.83. The Hall–Kier alpha value is -3.26. The van der Waals surface area contributed by atoms with Crippen molar-refractivity contribution in [2.45, 2.75) is 25.8 Å². The van der Waals surface area contributed by atoms with E-state index in [1.807, 2.05) is 31.2 Å². The van der Waals surface area contributed by atoms with Gasteiger partial charge in [-0.3, -0.25) is 14.4 Å². The molecular formula is C25H30FN3O4. The molecule has 0 aromatic heterocycles. The fourth-order valence-electron chi connectivity index (χ4n) is 4.07. The zero-order valence-corrected chi connectivity index (χ0v) is 19.0. The molecule has 0 spiro atoms. The number of likely N-dealkylation sites (tertiary alicyclic amines) is 1. The molecule has 8 heteroatoms. The molecule has 1 aliphatic rings. The van der Waals surface area contributed by atoms with Crippen molar-refractivity contribution in [1.82, 2.24) is 15.5 Å². The van der Waals surface area contributed by atoms with Crippen LogP contribution >= 0.6 is 0 Å². The van der Waals surface area contributed by atoms with Gasteiger partial charge in [0.05, 0.1) is 12.2 Å². The first-order chi connectivity index (χ1) is 15.9. The Morgan fingerprint density at radius 3 is 2.33 bits per heavy atom. The molecule has 1 saturated heterocycles. The third kappa shape index (κ3) is 6.16. The highest BCUT2D eigenvalue weighted by molar-refractivity contribution is 5.98. The second-order valence-electron chi connectivity index (χ2n) is 8.16. The smallest absolute Gasteiger partial charge is 0.254 e. The summed E-state index contributed by atoms with van der Waals surface area (Å²) in [5.74, 6) is -1.86. The first-order valence-electron chi connectivity index (χ1n) is 11.1. The number of methoxy groups -OCH3 is 1. The van der Waals surface area contributed by atoms with E-state index < -0.39 is 17.8 Å². The number of halogens is 1. The summed E-state index contributed by atoms with van der Waals surface area (Å²) in [4.78, 5) is 40.3. The van der Waals surface area contributed by atoms with Crippen molar-refractivity contribution in [3.8, 4) is 0 Å². The van der Waals surface area contributed by atoms with Crippen LogP contribution in [0.1, 0.15) is 39.1 Å². The van der Waals surface area contributed by atoms with Gasteiger partial charge in [0, 0.05) is 32.3 Å². The lowest BCUT2D eigenvalue weighted by molar-refractivity contribution is -0.124. The SMILES string of the molecule is COCCNC(=O)[C@H](NC(=O)c1ccccc1F)C1CCN(C(=O)c2ccccc2C)CC1. The van der Waals surface area contributed by atoms with Crippen LogP contribution in [0.3, 0.4) is 0 Å². The molecule has 1 atom stereocenters. The van der Waals surface area contributed by atoms with E-state index in [0.717, 1.165) is 5.56 Å². The van der Waals surface area contributed by atoms with Crippen molar-refractivity contribution in [2.24, 2.45) is 5.92 Å². The maximum atomic E-state index is 14.1. The lowest BCUT2D eigenvalue weighted by Crippen LogP contribution is -2.54. The number of hydrogen-bond acceptors (Lipinski definition) is 4. The fraction of sp³-hybridized carbons (Fsp3) is 0.400. The standard InChI is InChI=1S/C25H30FN3O4/c1-17-7-3-4-8-19(17)25(32)29-14-11-18(12-15-29)22(24(31)27-13-16-33-2)28-23(30)20-9-5-6-10-21(20)26/h3-10,18,22H,11-16H2,1-2H3,(H,27,31)(H,28,30)/t22-/m1/s1. The van der Waals surface area contributed by atoms with Gasteiger partial charge >= 0.3 is 0 Å². The largest absolute Gasteiger partial charge is 0.383 e. The van der Waals surface area contributed by atoms with Crippen LogP contribution in [0.25, 0.3) is 0 Å². The Morgan fingerprint density at radius 2 is 1.70 bits per heavy atom. The summed E-state index contributed by atoms with van der Waals surface area (Å²) in [7, 11) is 1.53. The van der Waals surface area contributed by atoms with Crippen molar-refractivity contribution in [3.05, 3.63) is 71.0 Å². The van der Waals surface area contributed by atoms with E-state index in [1.165, 1.54) is 25.3 Å². The Bertz CT molecular complexity index is 989. The van der Waals surface area contributed by atoms with Crippen molar-refractivity contribution < 1.29 is 23.5 Å². The normalized spacial score (nSPS) is 15.1. The number of ether oxygens (including phenoxy) is 1. The molecule has 2 N–H and O–H groups in total. The number of amides is 3. The highest BCUT2D eigenvalue weighted by Crippen LogP contribution is 2.24. The first-order valence-corrected chi connectivity index (χ1v) is 11.1. The van der Waals surface area contributed by atoms with E-state index in [4.69, 9.17) is 4.74 Å². The fourth-order valence-corrected chi connectivity index (χ4v) is 4.07. The molecule has 33 heavy (non-hydrogen) atoms. The second-order valence-corrected chi connectivity index (χ2v) is 8.16. The minimum absolute atomic E-state index is 0.0389. The predicted octanol–water partition coefficient (Wildman–Crippen LogP) is 2.55. The third-order valence-corrected chi connectivity index (χ3v) is 5.97. The maximum absolute atomic E-state index is 14.1. The molecule has 1 heterocycles. The second kappa shape index (κ2) is 11.6. The molecule has 3 rings (SSSR count). The van der Waals surface area contributed by atoms with Gasteiger partial charge in [-0.25, -0.2) is 4.39 Å². The molecule has 7 nitrogen and oxygen atoms in total. The van der Waals surface area contributed by atoms with Crippen LogP contribution < -0.4 is 10.6 Å². The van der Waals surface area contributed by atoms with Gasteiger partial charge in [0.25, 0.3) is 11.8 Å². The molecule has 176 valence electrons. The van der Waals surface area contributed by atoms with E-state index in [0.29, 0.717) is 44.6 Å². The van der Waals surface area contributed by atoms with E-state index in [2.05, 4.69) is 10.6 Å². The molecule has 3 amide bonds. The summed E-state index contributed by atoms with van der Waals surface area (Å²) in [5, 5.41) is 5.49. The van der Waals surface area contributed by atoms with Crippen LogP contribution in [0.2, 0.25) is 0 Å². The van der Waals surface area contributed by atoms with Crippen LogP contribution in [-0.2, 0) is 9.53 Å². The summed E-state index contributed by atoms with van der Waals surface area (Å²) in [6, 6.07) is 12.3. The molecule has 1 fully saturated rings. The minimum Gasteiger partial charge on any atom is -0.383 e. The van der Waals surface area contributed by atoms with Crippen LogP contribution in [0.5, 0.6) is 0 Å². The molecule has 0 saturated carbocycles. The molecule has 1 aliphatic heterocycles. The predicted molar refractivity (Wildman–Crippen MR) is 122 cm³/mol. The lowest BCUT2D eigenvalue weighted by Gasteiger charge is -2.36. The van der Waals surface area contributed by atoms with Gasteiger partial charge in [0.15, 0.2) is 0 Å². The number of piperidine rings is 1. The molecule has 2 aromatic rings. The Balaban J connectivity index is 1.70. The summed E-state index contributed by atoms with van der Waals surface area (Å²) >= 11 is 0. The quantitative estimate of drug-likeness (QED) is 0.599. The van der Waals surface area contributed by atoms with Crippen molar-refractivity contribution in [2.75, 3.05) is 33.4 Å². The highest BCUT2D eigenvalue weighted by Gasteiger charge is 2.34. The molecule has 0 radical (unpaired) electrons. The summed E-state index contributed by atoms with van der Waals surface area (Å²) in [5.41, 5.74) is 1.47. The van der Waals surface area contributed by atoms with E-state index in [9.17, 15) is 18.8 Å². The number of hydrogen-bond donors (Lipinski definition) is 2. The molecule has 0 aliphatic carbocycles. The molecular weight excluding hydrogens is 425 g/mol. The van der Waals surface area contributed by atoms with Crippen molar-refractivity contribution in [1.29, 1.82) is 0 Å². The Morgan fingerprint density at radius 1 is 1.06 bits per heavy atom. The molecule has 2 aromatic carbocycles. The number of benzene rings is 2. The van der Waals surface area contributed by atoms with Crippen LogP contribution in [0.15, 0.2) is 48.5 Å². The highest BCUT2D eigenvalue weighted by atomic mass is 19.1. The molecule has 0 bridgehead atoms. The number of carbonyl (C=O) groups is 3. The van der Waals surface area contributed by atoms with Crippen molar-refractivity contribution in [3.63, 3.8) is 0 Å². The monoisotopic (exact) mass is 455 g/mol. The summed E-state index contributed by atoms with van der Waals surface area (Å²) in [6.07, 6.45) is 1.08. The Labute approximate surface area is 193 Å². The first kappa shape index (κ1) is 24.4. The average molecular weight is 456 g/mol. The van der Waals surface area contributed by atoms with Gasteiger partial charge < -0.3 is 20.3 Å². The molecule has 0 unspecified atom stereocenters. The van der Waals surface area contributed by atoms with Gasteiger partial charge in [-0.05, 0) is 49.4 Å². The van der Waals surface area contributed by atoms with Gasteiger partial charge in [-0.1, -0.05) is 30.3 Å². The van der Waals surface area contributed by atoms with Gasteiger partial charge in [-0.15, -0.1) is 0 Å². The number of carbonyl (C=O) groups excluding carboxylic acids is 3. The maximum Gasteiger partial charge on any atom is 0.254 e. The third-order valence-electron chi connectivity index (χ3n) is 5.97. The number of nitrogens with one attached hydrogen (secondary N) is 2. The van der Waals surface area contributed by atoms with Crippen LogP contribution in [0, 0.1) is 18.7 Å². The zero-order chi connectivity index (χ0) is 23.8. The summed E-state index contributed by atoms with van der Waals surface area (Å²) < 4.78 is 19.1. The van der Waals surface area contributed by atoms with Crippen molar-refractivity contribution >= 4 is 17.7 Å². The van der Waals surface area contributed by atoms with E-state index >= 15 is 0 Å². The summed E-state index contributed by atoms with van der Waals surface area (Å²) in [6.45, 7) is 3.47. The zero-order valence-electron chi connectivity index (χ0n) is 19.0. The van der Waals surface area contributed by atoms with Gasteiger partial charge in [-0.2, -0.15) is 0 Å². The van der Waals surface area contributed by atoms with Gasteiger partial charge in [0.2, 0.25) is 5.91 Å². The van der Waals surface area contributed by atoms with Gasteiger partial charge in [0.1, 0.15) is 11.9 Å². The number of aryl methyl sites for hydroxylation is 1. The van der Waals surface area contributed by atoms with Crippen LogP contribution in [-0.4, -0.2) is 62.0 Å².